The average Bonchev–Trinajstić information content (AvgIpc) is 2.77. The van der Waals surface area contributed by atoms with Crippen molar-refractivity contribution in [3.05, 3.63) is 63.1 Å². The minimum absolute atomic E-state index is 0.206. The van der Waals surface area contributed by atoms with Gasteiger partial charge in [0.25, 0.3) is 0 Å². The Morgan fingerprint density at radius 2 is 1.65 bits per heavy atom. The van der Waals surface area contributed by atoms with Crippen LogP contribution in [0.4, 0.5) is 4.39 Å². The van der Waals surface area contributed by atoms with Crippen LogP contribution in [0, 0.1) is 16.3 Å². The summed E-state index contributed by atoms with van der Waals surface area (Å²) in [6, 6.07) is 10.7. The van der Waals surface area contributed by atoms with E-state index in [1.165, 1.54) is 31.0 Å². The quantitative estimate of drug-likeness (QED) is 0.520. The summed E-state index contributed by atoms with van der Waals surface area (Å²) in [5.74, 6) is -0.206. The van der Waals surface area contributed by atoms with Gasteiger partial charge >= 0.3 is 0 Å². The molecule has 4 heteroatoms. The van der Waals surface area contributed by atoms with Crippen molar-refractivity contribution in [2.75, 3.05) is 0 Å². The van der Waals surface area contributed by atoms with E-state index in [1.54, 1.807) is 23.7 Å². The van der Waals surface area contributed by atoms with Gasteiger partial charge in [0, 0.05) is 31.3 Å². The Bertz CT molecular complexity index is 735. The van der Waals surface area contributed by atoms with E-state index < -0.39 is 0 Å². The lowest BCUT2D eigenvalue weighted by Crippen LogP contribution is -1.83. The first-order valence-corrected chi connectivity index (χ1v) is 8.01. The molecule has 0 unspecified atom stereocenters. The molecule has 1 aromatic carbocycles. The van der Waals surface area contributed by atoms with Gasteiger partial charge in [-0.15, -0.1) is 11.3 Å². The normalized spacial score (nSPS) is 10.8. The van der Waals surface area contributed by atoms with Crippen LogP contribution in [-0.2, 0) is 0 Å². The molecule has 1 nitrogen and oxygen atoms in total. The highest BCUT2D eigenvalue weighted by Crippen LogP contribution is 2.43. The maximum absolute atomic E-state index is 13.1. The van der Waals surface area contributed by atoms with Crippen molar-refractivity contribution in [2.24, 2.45) is 0 Å². The molecule has 3 aromatic rings. The summed E-state index contributed by atoms with van der Waals surface area (Å²) in [5, 5.41) is 0. The molecule has 0 fully saturated rings. The smallest absolute Gasteiger partial charge is 0.123 e. The minimum Gasteiger partial charge on any atom is -0.265 e. The fourth-order valence-electron chi connectivity index (χ4n) is 2.11. The van der Waals surface area contributed by atoms with Gasteiger partial charge in [0.05, 0.1) is 0 Å². The molecule has 0 saturated carbocycles. The summed E-state index contributed by atoms with van der Waals surface area (Å²) < 4.78 is 14.4. The van der Waals surface area contributed by atoms with Crippen LogP contribution < -0.4 is 0 Å². The molecular formula is C16H11FINS. The molecule has 0 amide bonds. The number of hydrogen-bond acceptors (Lipinski definition) is 2. The van der Waals surface area contributed by atoms with E-state index in [0.29, 0.717) is 0 Å². The standard InChI is InChI=1S/C16H11FINS/c1-10-15(18)14(11-6-8-19-9-7-11)16(20-10)12-2-4-13(17)5-3-12/h2-9H,1H3. The zero-order chi connectivity index (χ0) is 14.1. The maximum Gasteiger partial charge on any atom is 0.123 e. The van der Waals surface area contributed by atoms with E-state index in [0.717, 1.165) is 11.1 Å². The molecule has 100 valence electrons. The van der Waals surface area contributed by atoms with Crippen molar-refractivity contribution >= 4 is 33.9 Å². The predicted molar refractivity (Wildman–Crippen MR) is 90.4 cm³/mol. The van der Waals surface area contributed by atoms with Crippen LogP contribution in [-0.4, -0.2) is 4.98 Å². The first kappa shape index (κ1) is 13.7. The molecule has 3 rings (SSSR count). The number of pyridine rings is 1. The van der Waals surface area contributed by atoms with Crippen molar-refractivity contribution in [3.8, 4) is 21.6 Å². The summed E-state index contributed by atoms with van der Waals surface area (Å²) in [6.45, 7) is 2.12. The summed E-state index contributed by atoms with van der Waals surface area (Å²) in [5.41, 5.74) is 3.41. The Hall–Kier alpha value is -1.27. The molecule has 0 aliphatic carbocycles. The third kappa shape index (κ3) is 2.50. The number of hydrogen-bond donors (Lipinski definition) is 0. The molecule has 20 heavy (non-hydrogen) atoms. The molecular weight excluding hydrogens is 384 g/mol. The molecule has 0 aliphatic rings. The number of aromatic nitrogens is 1. The summed E-state index contributed by atoms with van der Waals surface area (Å²) in [4.78, 5) is 6.53. The third-order valence-corrected chi connectivity index (χ3v) is 5.95. The van der Waals surface area contributed by atoms with E-state index in [9.17, 15) is 4.39 Å². The van der Waals surface area contributed by atoms with Crippen LogP contribution in [0.3, 0.4) is 0 Å². The number of thiophene rings is 1. The van der Waals surface area contributed by atoms with Crippen molar-refractivity contribution < 1.29 is 4.39 Å². The largest absolute Gasteiger partial charge is 0.265 e. The summed E-state index contributed by atoms with van der Waals surface area (Å²) >= 11 is 4.12. The Labute approximate surface area is 134 Å². The van der Waals surface area contributed by atoms with Crippen LogP contribution >= 0.6 is 33.9 Å². The van der Waals surface area contributed by atoms with E-state index in [1.807, 2.05) is 24.3 Å². The molecule has 0 N–H and O–H groups in total. The Balaban J connectivity index is 2.22. The van der Waals surface area contributed by atoms with Gasteiger partial charge in [0.1, 0.15) is 5.82 Å². The first-order valence-electron chi connectivity index (χ1n) is 6.12. The second-order valence-electron chi connectivity index (χ2n) is 4.42. The zero-order valence-corrected chi connectivity index (χ0v) is 13.7. The second-order valence-corrected chi connectivity index (χ2v) is 6.72. The number of aryl methyl sites for hydroxylation is 1. The van der Waals surface area contributed by atoms with Crippen LogP contribution in [0.25, 0.3) is 21.6 Å². The second kappa shape index (κ2) is 5.61. The Kier molecular flexibility index (Phi) is 3.85. The number of benzene rings is 1. The monoisotopic (exact) mass is 395 g/mol. The topological polar surface area (TPSA) is 12.9 Å². The van der Waals surface area contributed by atoms with Crippen LogP contribution in [0.2, 0.25) is 0 Å². The number of rotatable bonds is 2. The molecule has 0 atom stereocenters. The van der Waals surface area contributed by atoms with Crippen molar-refractivity contribution in [3.63, 3.8) is 0 Å². The van der Waals surface area contributed by atoms with Gasteiger partial charge in [0.2, 0.25) is 0 Å². The maximum atomic E-state index is 13.1. The van der Waals surface area contributed by atoms with Crippen molar-refractivity contribution in [1.29, 1.82) is 0 Å². The molecule has 0 spiro atoms. The third-order valence-electron chi connectivity index (χ3n) is 3.09. The zero-order valence-electron chi connectivity index (χ0n) is 10.7. The molecule has 0 bridgehead atoms. The van der Waals surface area contributed by atoms with Crippen molar-refractivity contribution in [2.45, 2.75) is 6.92 Å². The minimum atomic E-state index is -0.206. The predicted octanol–water partition coefficient (Wildman–Crippen LogP) is 5.53. The van der Waals surface area contributed by atoms with Crippen LogP contribution in [0.5, 0.6) is 0 Å². The van der Waals surface area contributed by atoms with E-state index in [2.05, 4.69) is 34.5 Å². The van der Waals surface area contributed by atoms with Gasteiger partial charge < -0.3 is 0 Å². The Morgan fingerprint density at radius 3 is 2.30 bits per heavy atom. The van der Waals surface area contributed by atoms with Gasteiger partial charge in [0.15, 0.2) is 0 Å². The first-order chi connectivity index (χ1) is 9.66. The Morgan fingerprint density at radius 1 is 1.00 bits per heavy atom. The lowest BCUT2D eigenvalue weighted by Gasteiger charge is -2.05. The summed E-state index contributed by atoms with van der Waals surface area (Å²) in [6.07, 6.45) is 3.60. The van der Waals surface area contributed by atoms with E-state index in [4.69, 9.17) is 0 Å². The highest BCUT2D eigenvalue weighted by Gasteiger charge is 2.16. The number of nitrogens with zero attached hydrogens (tertiary/aromatic N) is 1. The highest BCUT2D eigenvalue weighted by atomic mass is 127. The van der Waals surface area contributed by atoms with Crippen LogP contribution in [0.15, 0.2) is 48.8 Å². The van der Waals surface area contributed by atoms with E-state index >= 15 is 0 Å². The molecule has 2 aromatic heterocycles. The van der Waals surface area contributed by atoms with Gasteiger partial charge in [-0.2, -0.15) is 0 Å². The van der Waals surface area contributed by atoms with Crippen molar-refractivity contribution in [1.82, 2.24) is 4.98 Å². The molecule has 2 heterocycles. The molecule has 0 aliphatic heterocycles. The van der Waals surface area contributed by atoms with Gasteiger partial charge in [-0.25, -0.2) is 4.39 Å². The number of halogens is 2. The lowest BCUT2D eigenvalue weighted by molar-refractivity contribution is 0.628. The fourth-order valence-corrected chi connectivity index (χ4v) is 4.27. The van der Waals surface area contributed by atoms with Gasteiger partial charge in [-0.3, -0.25) is 4.98 Å². The van der Waals surface area contributed by atoms with E-state index in [-0.39, 0.29) is 5.82 Å². The highest BCUT2D eigenvalue weighted by molar-refractivity contribution is 14.1. The SMILES string of the molecule is Cc1sc(-c2ccc(F)cc2)c(-c2ccncc2)c1I. The fraction of sp³-hybridized carbons (Fsp3) is 0.0625. The lowest BCUT2D eigenvalue weighted by atomic mass is 10.0. The average molecular weight is 395 g/mol. The van der Waals surface area contributed by atoms with Gasteiger partial charge in [-0.1, -0.05) is 12.1 Å². The molecule has 0 saturated heterocycles. The molecule has 0 radical (unpaired) electrons. The summed E-state index contributed by atoms with van der Waals surface area (Å²) in [7, 11) is 0. The van der Waals surface area contributed by atoms with Crippen LogP contribution in [0.1, 0.15) is 4.88 Å². The van der Waals surface area contributed by atoms with Gasteiger partial charge in [-0.05, 0) is 64.9 Å².